The van der Waals surface area contributed by atoms with Crippen molar-refractivity contribution >= 4 is 39.9 Å². The first kappa shape index (κ1) is 17.7. The summed E-state index contributed by atoms with van der Waals surface area (Å²) in [6.45, 7) is 0. The summed E-state index contributed by atoms with van der Waals surface area (Å²) in [6, 6.07) is 9.34. The number of anilines is 1. The maximum absolute atomic E-state index is 12.2. The maximum atomic E-state index is 12.2. The van der Waals surface area contributed by atoms with E-state index in [0.717, 1.165) is 0 Å². The molecule has 3 rings (SSSR count). The van der Waals surface area contributed by atoms with Gasteiger partial charge in [-0.2, -0.15) is 0 Å². The molecule has 1 heterocycles. The molecule has 2 N–H and O–H groups in total. The van der Waals surface area contributed by atoms with Crippen molar-refractivity contribution in [1.82, 2.24) is 9.97 Å². The lowest BCUT2D eigenvalue weighted by atomic mass is 10.2. The molecular weight excluding hydrogens is 360 g/mol. The van der Waals surface area contributed by atoms with Gasteiger partial charge in [0.1, 0.15) is 11.6 Å². The van der Waals surface area contributed by atoms with E-state index in [0.29, 0.717) is 39.7 Å². The van der Waals surface area contributed by atoms with E-state index in [1.165, 1.54) is 19.2 Å². The highest BCUT2D eigenvalue weighted by Gasteiger charge is 2.12. The number of benzene rings is 2. The Morgan fingerprint density at radius 2 is 2.15 bits per heavy atom. The van der Waals surface area contributed by atoms with Gasteiger partial charge in [0.05, 0.1) is 28.8 Å². The summed E-state index contributed by atoms with van der Waals surface area (Å²) in [5.41, 5.74) is 1.65. The summed E-state index contributed by atoms with van der Waals surface area (Å²) in [5.74, 6) is 0.865. The van der Waals surface area contributed by atoms with Gasteiger partial charge >= 0.3 is 0 Å². The number of nitro benzene ring substituents is 1. The van der Waals surface area contributed by atoms with Gasteiger partial charge in [0.2, 0.25) is 5.91 Å². The number of fused-ring (bicyclic) bond motifs is 1. The third kappa shape index (κ3) is 3.92. The molecular formula is C17H15ClN4O4. The number of halogens is 1. The van der Waals surface area contributed by atoms with Crippen LogP contribution >= 0.6 is 11.6 Å². The van der Waals surface area contributed by atoms with Crippen LogP contribution in [-0.2, 0) is 11.2 Å². The fourth-order valence-corrected chi connectivity index (χ4v) is 2.68. The molecule has 0 atom stereocenters. The molecule has 3 aromatic rings. The monoisotopic (exact) mass is 374 g/mol. The van der Waals surface area contributed by atoms with Gasteiger partial charge in [0.25, 0.3) is 5.69 Å². The number of H-pyrrole nitrogens is 1. The zero-order chi connectivity index (χ0) is 18.7. The van der Waals surface area contributed by atoms with Gasteiger partial charge in [0, 0.05) is 30.0 Å². The summed E-state index contributed by atoms with van der Waals surface area (Å²) < 4.78 is 5.19. The van der Waals surface area contributed by atoms with E-state index in [9.17, 15) is 14.9 Å². The Morgan fingerprint density at radius 3 is 2.88 bits per heavy atom. The Balaban J connectivity index is 1.67. The predicted octanol–water partition coefficient (Wildman–Crippen LogP) is 3.70. The van der Waals surface area contributed by atoms with Gasteiger partial charge in [-0.1, -0.05) is 11.6 Å². The molecule has 0 radical (unpaired) electrons. The number of nitrogens with one attached hydrogen (secondary N) is 2. The van der Waals surface area contributed by atoms with E-state index >= 15 is 0 Å². The summed E-state index contributed by atoms with van der Waals surface area (Å²) in [6.07, 6.45) is 0.536. The number of aryl methyl sites for hydroxylation is 1. The minimum Gasteiger partial charge on any atom is -0.495 e. The van der Waals surface area contributed by atoms with Crippen molar-refractivity contribution < 1.29 is 14.5 Å². The lowest BCUT2D eigenvalue weighted by Gasteiger charge is -2.10. The van der Waals surface area contributed by atoms with Crippen LogP contribution in [0.25, 0.3) is 11.0 Å². The van der Waals surface area contributed by atoms with Crippen molar-refractivity contribution in [3.8, 4) is 5.75 Å². The molecule has 0 saturated heterocycles. The largest absolute Gasteiger partial charge is 0.495 e. The van der Waals surface area contributed by atoms with Crippen LogP contribution in [0.5, 0.6) is 5.75 Å². The van der Waals surface area contributed by atoms with Crippen molar-refractivity contribution in [2.45, 2.75) is 12.8 Å². The molecule has 1 aromatic heterocycles. The highest BCUT2D eigenvalue weighted by molar-refractivity contribution is 6.31. The highest BCUT2D eigenvalue weighted by atomic mass is 35.5. The fraction of sp³-hybridized carbons (Fsp3) is 0.176. The minimum atomic E-state index is -0.466. The van der Waals surface area contributed by atoms with Crippen LogP contribution in [0.15, 0.2) is 36.4 Å². The number of aromatic nitrogens is 2. The molecule has 0 bridgehead atoms. The topological polar surface area (TPSA) is 110 Å². The summed E-state index contributed by atoms with van der Waals surface area (Å²) in [7, 11) is 1.51. The highest BCUT2D eigenvalue weighted by Crippen LogP contribution is 2.27. The molecule has 9 heteroatoms. The number of ether oxygens (including phenoxy) is 1. The van der Waals surface area contributed by atoms with Crippen molar-refractivity contribution in [3.63, 3.8) is 0 Å². The van der Waals surface area contributed by atoms with Crippen molar-refractivity contribution in [1.29, 1.82) is 0 Å². The van der Waals surface area contributed by atoms with Crippen LogP contribution in [0.2, 0.25) is 5.02 Å². The number of nitro groups is 1. The van der Waals surface area contributed by atoms with Gasteiger partial charge in [-0.25, -0.2) is 4.98 Å². The van der Waals surface area contributed by atoms with E-state index in [4.69, 9.17) is 16.3 Å². The predicted molar refractivity (Wildman–Crippen MR) is 97.7 cm³/mol. The fourth-order valence-electron chi connectivity index (χ4n) is 2.50. The van der Waals surface area contributed by atoms with Crippen molar-refractivity contribution in [3.05, 3.63) is 57.4 Å². The summed E-state index contributed by atoms with van der Waals surface area (Å²) in [4.78, 5) is 29.9. The number of nitrogens with zero attached hydrogens (tertiary/aromatic N) is 2. The Labute approximate surface area is 153 Å². The van der Waals surface area contributed by atoms with E-state index in [2.05, 4.69) is 15.3 Å². The van der Waals surface area contributed by atoms with E-state index in [1.54, 1.807) is 24.3 Å². The molecule has 0 saturated carbocycles. The molecule has 0 aliphatic carbocycles. The van der Waals surface area contributed by atoms with Crippen molar-refractivity contribution in [2.24, 2.45) is 0 Å². The molecule has 0 fully saturated rings. The Kier molecular flexibility index (Phi) is 5.04. The van der Waals surface area contributed by atoms with Crippen LogP contribution in [0.1, 0.15) is 12.2 Å². The van der Waals surface area contributed by atoms with E-state index in [1.807, 2.05) is 0 Å². The average Bonchev–Trinajstić information content (AvgIpc) is 3.02. The van der Waals surface area contributed by atoms with Gasteiger partial charge in [-0.05, 0) is 24.3 Å². The first-order valence-electron chi connectivity index (χ1n) is 7.72. The number of hydrogen-bond acceptors (Lipinski definition) is 5. The van der Waals surface area contributed by atoms with E-state index in [-0.39, 0.29) is 18.0 Å². The lowest BCUT2D eigenvalue weighted by Crippen LogP contribution is -2.13. The molecule has 0 spiro atoms. The number of non-ortho nitro benzene ring substituents is 1. The van der Waals surface area contributed by atoms with Crippen LogP contribution in [0.3, 0.4) is 0 Å². The Hall–Kier alpha value is -3.13. The van der Waals surface area contributed by atoms with Crippen LogP contribution < -0.4 is 10.1 Å². The zero-order valence-corrected chi connectivity index (χ0v) is 14.5. The Morgan fingerprint density at radius 1 is 1.35 bits per heavy atom. The number of hydrogen-bond donors (Lipinski definition) is 2. The molecule has 134 valence electrons. The molecule has 26 heavy (non-hydrogen) atoms. The zero-order valence-electron chi connectivity index (χ0n) is 13.8. The standard InChI is InChI=1S/C17H15ClN4O4/c1-26-15-5-2-10(18)8-14(15)21-17(23)7-6-16-19-12-4-3-11(22(24)25)9-13(12)20-16/h2-5,8-9H,6-7H2,1H3,(H,19,20)(H,21,23). The van der Waals surface area contributed by atoms with Gasteiger partial charge in [-0.15, -0.1) is 0 Å². The average molecular weight is 375 g/mol. The van der Waals surface area contributed by atoms with Gasteiger partial charge in [0.15, 0.2) is 0 Å². The number of carbonyl (C=O) groups excluding carboxylic acids is 1. The summed E-state index contributed by atoms with van der Waals surface area (Å²) in [5, 5.41) is 14.1. The third-order valence-electron chi connectivity index (χ3n) is 3.75. The van der Waals surface area contributed by atoms with Crippen molar-refractivity contribution in [2.75, 3.05) is 12.4 Å². The molecule has 0 aliphatic rings. The molecule has 2 aromatic carbocycles. The molecule has 0 unspecified atom stereocenters. The second-order valence-corrected chi connectivity index (χ2v) is 5.97. The first-order chi connectivity index (χ1) is 12.5. The van der Waals surface area contributed by atoms with Crippen LogP contribution in [0, 0.1) is 10.1 Å². The Bertz CT molecular complexity index is 986. The van der Waals surface area contributed by atoms with Crippen LogP contribution in [-0.4, -0.2) is 27.9 Å². The second-order valence-electron chi connectivity index (χ2n) is 5.53. The second kappa shape index (κ2) is 7.40. The van der Waals surface area contributed by atoms with E-state index < -0.39 is 4.92 Å². The normalized spacial score (nSPS) is 10.7. The minimum absolute atomic E-state index is 0.0153. The maximum Gasteiger partial charge on any atom is 0.271 e. The van der Waals surface area contributed by atoms with Gasteiger partial charge in [-0.3, -0.25) is 14.9 Å². The molecule has 1 amide bonds. The lowest BCUT2D eigenvalue weighted by molar-refractivity contribution is -0.384. The number of imidazole rings is 1. The molecule has 0 aliphatic heterocycles. The smallest absolute Gasteiger partial charge is 0.271 e. The number of aromatic amines is 1. The SMILES string of the molecule is COc1ccc(Cl)cc1NC(=O)CCc1nc2ccc([N+](=O)[O-])cc2[nH]1. The molecule has 8 nitrogen and oxygen atoms in total. The first-order valence-corrected chi connectivity index (χ1v) is 8.10. The number of rotatable bonds is 6. The number of amides is 1. The van der Waals surface area contributed by atoms with Crippen LogP contribution in [0.4, 0.5) is 11.4 Å². The quantitative estimate of drug-likeness (QED) is 0.504. The summed E-state index contributed by atoms with van der Waals surface area (Å²) >= 11 is 5.94. The number of carbonyl (C=O) groups is 1. The number of methoxy groups -OCH3 is 1. The third-order valence-corrected chi connectivity index (χ3v) is 3.98. The van der Waals surface area contributed by atoms with Gasteiger partial charge < -0.3 is 15.0 Å².